The van der Waals surface area contributed by atoms with Gasteiger partial charge in [-0.1, -0.05) is 67.2 Å². The SMILES string of the molecule is CC(C)[C@H](C)CC[C@H](C)[C@H]1CC[C@@]2(C)[C@@H]1CC[C@H]1[C@@H]3CCCC[C@@]3(C)CC[C@@H]12. The summed E-state index contributed by atoms with van der Waals surface area (Å²) in [5.41, 5.74) is 1.39. The first-order valence-corrected chi connectivity index (χ1v) is 13.3. The normalized spacial score (nSPS) is 47.9. The molecule has 9 atom stereocenters. The molecule has 0 nitrogen and oxygen atoms in total. The second kappa shape index (κ2) is 7.92. The Labute approximate surface area is 177 Å². The standard InChI is InChI=1S/C28H50/c1-19(2)20(3)10-11-21(4)22-14-18-28(6)25(22)13-12-23-24-9-7-8-16-27(24,5)17-15-26(23)28/h19-26H,7-18H2,1-6H3/t20-,21+,22-,23+,24+,25-,26+,27+,28+/m1/s1. The molecule has 0 aromatic heterocycles. The number of rotatable bonds is 5. The molecule has 4 saturated carbocycles. The van der Waals surface area contributed by atoms with Gasteiger partial charge in [-0.3, -0.25) is 0 Å². The van der Waals surface area contributed by atoms with Crippen molar-refractivity contribution in [1.29, 1.82) is 0 Å². The van der Waals surface area contributed by atoms with Gasteiger partial charge in [0.05, 0.1) is 0 Å². The number of fused-ring (bicyclic) bond motifs is 5. The van der Waals surface area contributed by atoms with Gasteiger partial charge < -0.3 is 0 Å². The Bertz CT molecular complexity index is 534. The maximum absolute atomic E-state index is 2.77. The van der Waals surface area contributed by atoms with Crippen LogP contribution in [0.15, 0.2) is 0 Å². The van der Waals surface area contributed by atoms with Crippen molar-refractivity contribution in [2.45, 2.75) is 119 Å². The molecule has 0 radical (unpaired) electrons. The van der Waals surface area contributed by atoms with Crippen LogP contribution in [0.5, 0.6) is 0 Å². The first-order valence-electron chi connectivity index (χ1n) is 13.3. The maximum atomic E-state index is 2.77. The zero-order chi connectivity index (χ0) is 20.1. The van der Waals surface area contributed by atoms with Gasteiger partial charge in [0, 0.05) is 0 Å². The van der Waals surface area contributed by atoms with E-state index in [4.69, 9.17) is 0 Å². The second-order valence-electron chi connectivity index (χ2n) is 13.0. The Kier molecular flexibility index (Phi) is 6.01. The van der Waals surface area contributed by atoms with Crippen molar-refractivity contribution in [2.24, 2.45) is 58.2 Å². The van der Waals surface area contributed by atoms with Crippen molar-refractivity contribution < 1.29 is 0 Å². The highest BCUT2D eigenvalue weighted by molar-refractivity contribution is 5.08. The second-order valence-corrected chi connectivity index (χ2v) is 13.0. The smallest absolute Gasteiger partial charge is 0.0264 e. The number of hydrogen-bond acceptors (Lipinski definition) is 0. The molecule has 0 bridgehead atoms. The van der Waals surface area contributed by atoms with E-state index in [1.807, 2.05) is 0 Å². The Morgan fingerprint density at radius 2 is 1.50 bits per heavy atom. The minimum Gasteiger partial charge on any atom is -0.0625 e. The highest BCUT2D eigenvalue weighted by Crippen LogP contribution is 2.68. The van der Waals surface area contributed by atoms with Gasteiger partial charge in [-0.25, -0.2) is 0 Å². The maximum Gasteiger partial charge on any atom is -0.0264 e. The molecule has 0 amide bonds. The van der Waals surface area contributed by atoms with Crippen LogP contribution in [0.1, 0.15) is 119 Å². The van der Waals surface area contributed by atoms with Gasteiger partial charge in [0.1, 0.15) is 0 Å². The Hall–Kier alpha value is 0. The molecule has 0 unspecified atom stereocenters. The summed E-state index contributed by atoms with van der Waals surface area (Å²) >= 11 is 0. The summed E-state index contributed by atoms with van der Waals surface area (Å²) in [6, 6.07) is 0. The molecular weight excluding hydrogens is 336 g/mol. The van der Waals surface area contributed by atoms with Crippen LogP contribution >= 0.6 is 0 Å². The summed E-state index contributed by atoms with van der Waals surface area (Å²) in [5.74, 6) is 7.99. The summed E-state index contributed by atoms with van der Waals surface area (Å²) in [7, 11) is 0. The van der Waals surface area contributed by atoms with Gasteiger partial charge in [0.2, 0.25) is 0 Å². The Balaban J connectivity index is 1.45. The van der Waals surface area contributed by atoms with Crippen molar-refractivity contribution in [3.05, 3.63) is 0 Å². The summed E-state index contributed by atoms with van der Waals surface area (Å²) in [5, 5.41) is 0. The van der Waals surface area contributed by atoms with E-state index in [-0.39, 0.29) is 0 Å². The summed E-state index contributed by atoms with van der Waals surface area (Å²) < 4.78 is 0. The van der Waals surface area contributed by atoms with Crippen LogP contribution in [-0.2, 0) is 0 Å². The van der Waals surface area contributed by atoms with Gasteiger partial charge in [-0.15, -0.1) is 0 Å². The minimum absolute atomic E-state index is 0.685. The topological polar surface area (TPSA) is 0 Å². The molecule has 4 rings (SSSR count). The lowest BCUT2D eigenvalue weighted by molar-refractivity contribution is -0.108. The lowest BCUT2D eigenvalue weighted by atomic mass is 9.45. The van der Waals surface area contributed by atoms with Crippen molar-refractivity contribution in [3.63, 3.8) is 0 Å². The van der Waals surface area contributed by atoms with Crippen molar-refractivity contribution in [3.8, 4) is 0 Å². The molecule has 4 aliphatic carbocycles. The predicted molar refractivity (Wildman–Crippen MR) is 122 cm³/mol. The van der Waals surface area contributed by atoms with E-state index in [0.717, 1.165) is 47.3 Å². The minimum atomic E-state index is 0.685. The third-order valence-corrected chi connectivity index (χ3v) is 11.5. The average Bonchev–Trinajstić information content (AvgIpc) is 3.02. The summed E-state index contributed by atoms with van der Waals surface area (Å²) in [6.45, 7) is 15.4. The lowest BCUT2D eigenvalue weighted by Crippen LogP contribution is -2.52. The van der Waals surface area contributed by atoms with Gasteiger partial charge in [-0.2, -0.15) is 0 Å². The van der Waals surface area contributed by atoms with E-state index >= 15 is 0 Å². The van der Waals surface area contributed by atoms with Crippen LogP contribution in [0.25, 0.3) is 0 Å². The summed E-state index contributed by atoms with van der Waals surface area (Å²) in [4.78, 5) is 0. The first kappa shape index (κ1) is 21.2. The zero-order valence-electron chi connectivity index (χ0n) is 20.1. The van der Waals surface area contributed by atoms with Crippen molar-refractivity contribution in [1.82, 2.24) is 0 Å². The zero-order valence-corrected chi connectivity index (χ0v) is 20.1. The van der Waals surface area contributed by atoms with Crippen molar-refractivity contribution >= 4 is 0 Å². The first-order chi connectivity index (χ1) is 13.3. The molecule has 0 spiro atoms. The molecule has 0 aromatic rings. The monoisotopic (exact) mass is 386 g/mol. The quantitative estimate of drug-likeness (QED) is 0.443. The molecule has 162 valence electrons. The molecule has 0 heteroatoms. The van der Waals surface area contributed by atoms with Crippen LogP contribution in [-0.4, -0.2) is 0 Å². The predicted octanol–water partition coefficient (Wildman–Crippen LogP) is 8.74. The molecule has 0 saturated heterocycles. The van der Waals surface area contributed by atoms with E-state index in [9.17, 15) is 0 Å². The van der Waals surface area contributed by atoms with Crippen LogP contribution in [0.3, 0.4) is 0 Å². The molecular formula is C28H50. The van der Waals surface area contributed by atoms with Crippen molar-refractivity contribution in [2.75, 3.05) is 0 Å². The van der Waals surface area contributed by atoms with Gasteiger partial charge in [0.25, 0.3) is 0 Å². The van der Waals surface area contributed by atoms with E-state index in [1.54, 1.807) is 44.9 Å². The molecule has 4 fully saturated rings. The van der Waals surface area contributed by atoms with E-state index < -0.39 is 0 Å². The van der Waals surface area contributed by atoms with Gasteiger partial charge in [-0.05, 0) is 110 Å². The fourth-order valence-corrected chi connectivity index (χ4v) is 9.15. The molecule has 4 aliphatic rings. The number of hydrogen-bond donors (Lipinski definition) is 0. The Morgan fingerprint density at radius 3 is 2.25 bits per heavy atom. The highest BCUT2D eigenvalue weighted by atomic mass is 14.6. The van der Waals surface area contributed by atoms with E-state index in [1.165, 1.54) is 32.1 Å². The van der Waals surface area contributed by atoms with Crippen LogP contribution in [0.4, 0.5) is 0 Å². The fourth-order valence-electron chi connectivity index (χ4n) is 9.15. The molecule has 0 heterocycles. The van der Waals surface area contributed by atoms with Crippen LogP contribution in [0, 0.1) is 58.2 Å². The lowest BCUT2D eigenvalue weighted by Gasteiger charge is -2.60. The van der Waals surface area contributed by atoms with E-state index in [2.05, 4.69) is 41.5 Å². The van der Waals surface area contributed by atoms with E-state index in [0.29, 0.717) is 10.8 Å². The Morgan fingerprint density at radius 1 is 0.714 bits per heavy atom. The molecule has 0 aromatic carbocycles. The molecule has 28 heavy (non-hydrogen) atoms. The van der Waals surface area contributed by atoms with Gasteiger partial charge >= 0.3 is 0 Å². The molecule has 0 aliphatic heterocycles. The van der Waals surface area contributed by atoms with Gasteiger partial charge in [0.15, 0.2) is 0 Å². The molecule has 0 N–H and O–H groups in total. The van der Waals surface area contributed by atoms with Crippen LogP contribution in [0.2, 0.25) is 0 Å². The summed E-state index contributed by atoms with van der Waals surface area (Å²) in [6.07, 6.45) is 18.4. The fraction of sp³-hybridized carbons (Fsp3) is 1.00. The largest absolute Gasteiger partial charge is 0.0625 e. The third kappa shape index (κ3) is 3.51. The highest BCUT2D eigenvalue weighted by Gasteiger charge is 2.59. The average molecular weight is 387 g/mol. The van der Waals surface area contributed by atoms with Crippen LogP contribution < -0.4 is 0 Å². The third-order valence-electron chi connectivity index (χ3n) is 11.5.